The van der Waals surface area contributed by atoms with Crippen molar-refractivity contribution in [2.24, 2.45) is 5.10 Å². The van der Waals surface area contributed by atoms with Gasteiger partial charge in [-0.25, -0.2) is 9.89 Å². The van der Waals surface area contributed by atoms with Gasteiger partial charge in [0.15, 0.2) is 17.3 Å². The van der Waals surface area contributed by atoms with Crippen molar-refractivity contribution in [2.45, 2.75) is 13.3 Å². The van der Waals surface area contributed by atoms with E-state index in [4.69, 9.17) is 5.11 Å². The summed E-state index contributed by atoms with van der Waals surface area (Å²) in [5.41, 5.74) is 0.131. The minimum Gasteiger partial charge on any atom is -0.504 e. The molecule has 0 bridgehead atoms. The highest BCUT2D eigenvalue weighted by Gasteiger charge is 2.04. The van der Waals surface area contributed by atoms with Gasteiger partial charge >= 0.3 is 5.69 Å². The van der Waals surface area contributed by atoms with E-state index in [0.717, 1.165) is 4.68 Å². The predicted molar refractivity (Wildman–Crippen MR) is 65.0 cm³/mol. The number of hydrogen-bond donors (Lipinski definition) is 3. The number of nitrogens with zero attached hydrogens (tertiary/aromatic N) is 3. The number of H-pyrrole nitrogens is 1. The number of aromatic amines is 1. The quantitative estimate of drug-likeness (QED) is 0.541. The second-order valence-electron chi connectivity index (χ2n) is 3.60. The summed E-state index contributed by atoms with van der Waals surface area (Å²) in [5.74, 6) is 0.0651. The van der Waals surface area contributed by atoms with Crippen molar-refractivity contribution >= 4 is 6.21 Å². The Hall–Kier alpha value is -2.57. The molecule has 0 amide bonds. The summed E-state index contributed by atoms with van der Waals surface area (Å²) in [6, 6.07) is 4.25. The van der Waals surface area contributed by atoms with Gasteiger partial charge < -0.3 is 10.2 Å². The lowest BCUT2D eigenvalue weighted by atomic mass is 10.2. The SMILES string of the molecule is CCc1n[nH]c(=O)n1/N=C/c1ccc(O)c(O)c1. The summed E-state index contributed by atoms with van der Waals surface area (Å²) in [4.78, 5) is 11.4. The number of aromatic nitrogens is 3. The first-order valence-corrected chi connectivity index (χ1v) is 5.34. The molecule has 0 aliphatic rings. The Morgan fingerprint density at radius 3 is 2.89 bits per heavy atom. The van der Waals surface area contributed by atoms with Crippen molar-refractivity contribution in [2.75, 3.05) is 0 Å². The molecular weight excluding hydrogens is 236 g/mol. The Kier molecular flexibility index (Phi) is 3.13. The van der Waals surface area contributed by atoms with Crippen LogP contribution in [0.25, 0.3) is 0 Å². The Bertz CT molecular complexity index is 642. The fraction of sp³-hybridized carbons (Fsp3) is 0.182. The first-order chi connectivity index (χ1) is 8.61. The molecule has 2 rings (SSSR count). The molecule has 7 nitrogen and oxygen atoms in total. The van der Waals surface area contributed by atoms with E-state index in [0.29, 0.717) is 17.8 Å². The van der Waals surface area contributed by atoms with Gasteiger partial charge in [0.2, 0.25) is 0 Å². The Morgan fingerprint density at radius 1 is 1.44 bits per heavy atom. The average molecular weight is 248 g/mol. The number of hydrogen-bond acceptors (Lipinski definition) is 5. The monoisotopic (exact) mass is 248 g/mol. The van der Waals surface area contributed by atoms with E-state index >= 15 is 0 Å². The van der Waals surface area contributed by atoms with Crippen LogP contribution in [0.5, 0.6) is 11.5 Å². The fourth-order valence-electron chi connectivity index (χ4n) is 1.42. The molecule has 0 unspecified atom stereocenters. The first kappa shape index (κ1) is 11.9. The van der Waals surface area contributed by atoms with E-state index in [9.17, 15) is 9.90 Å². The molecule has 0 radical (unpaired) electrons. The third kappa shape index (κ3) is 2.24. The first-order valence-electron chi connectivity index (χ1n) is 5.34. The molecule has 1 aromatic heterocycles. The van der Waals surface area contributed by atoms with E-state index < -0.39 is 5.69 Å². The van der Waals surface area contributed by atoms with Crippen molar-refractivity contribution in [3.63, 3.8) is 0 Å². The molecule has 94 valence electrons. The van der Waals surface area contributed by atoms with Gasteiger partial charge in [-0.05, 0) is 23.8 Å². The molecule has 0 saturated heterocycles. The molecule has 2 aromatic rings. The largest absolute Gasteiger partial charge is 0.504 e. The van der Waals surface area contributed by atoms with Crippen molar-refractivity contribution in [1.29, 1.82) is 0 Å². The van der Waals surface area contributed by atoms with Gasteiger partial charge in [0.1, 0.15) is 0 Å². The average Bonchev–Trinajstić information content (AvgIpc) is 2.71. The topological polar surface area (TPSA) is 104 Å². The number of rotatable bonds is 3. The molecule has 0 saturated carbocycles. The molecule has 0 aliphatic carbocycles. The lowest BCUT2D eigenvalue weighted by Gasteiger charge is -1.98. The van der Waals surface area contributed by atoms with Crippen molar-refractivity contribution in [3.8, 4) is 11.5 Å². The zero-order chi connectivity index (χ0) is 13.1. The lowest BCUT2D eigenvalue weighted by molar-refractivity contribution is 0.403. The second kappa shape index (κ2) is 4.74. The van der Waals surface area contributed by atoms with Crippen LogP contribution in [0.15, 0.2) is 28.1 Å². The number of benzene rings is 1. The van der Waals surface area contributed by atoms with Crippen LogP contribution in [0.4, 0.5) is 0 Å². The van der Waals surface area contributed by atoms with Gasteiger partial charge in [0, 0.05) is 6.42 Å². The van der Waals surface area contributed by atoms with Gasteiger partial charge in [0.25, 0.3) is 0 Å². The normalized spacial score (nSPS) is 11.2. The standard InChI is InChI=1S/C11H12N4O3/c1-2-10-13-14-11(18)15(10)12-6-7-3-4-8(16)9(17)5-7/h3-6,16-17H,2H2,1H3,(H,14,18)/b12-6+. The lowest BCUT2D eigenvalue weighted by Crippen LogP contribution is -2.14. The molecule has 1 heterocycles. The third-order valence-corrected chi connectivity index (χ3v) is 2.36. The van der Waals surface area contributed by atoms with Crippen LogP contribution >= 0.6 is 0 Å². The fourth-order valence-corrected chi connectivity index (χ4v) is 1.42. The van der Waals surface area contributed by atoms with Crippen LogP contribution in [-0.2, 0) is 6.42 Å². The molecule has 0 fully saturated rings. The summed E-state index contributed by atoms with van der Waals surface area (Å²) >= 11 is 0. The molecule has 3 N–H and O–H groups in total. The Labute approximate surface area is 102 Å². The minimum absolute atomic E-state index is 0.207. The smallest absolute Gasteiger partial charge is 0.364 e. The van der Waals surface area contributed by atoms with E-state index in [1.54, 1.807) is 6.07 Å². The van der Waals surface area contributed by atoms with Gasteiger partial charge in [-0.15, -0.1) is 0 Å². The van der Waals surface area contributed by atoms with Gasteiger partial charge in [-0.3, -0.25) is 0 Å². The third-order valence-electron chi connectivity index (χ3n) is 2.36. The Morgan fingerprint density at radius 2 is 2.22 bits per heavy atom. The molecule has 0 spiro atoms. The predicted octanol–water partition coefficient (Wildman–Crippen LogP) is 0.427. The van der Waals surface area contributed by atoms with Crippen LogP contribution in [0.2, 0.25) is 0 Å². The van der Waals surface area contributed by atoms with Gasteiger partial charge in [0.05, 0.1) is 6.21 Å². The molecule has 0 atom stereocenters. The molecule has 18 heavy (non-hydrogen) atoms. The number of aryl methyl sites for hydroxylation is 1. The Balaban J connectivity index is 2.32. The van der Waals surface area contributed by atoms with Crippen molar-refractivity contribution < 1.29 is 10.2 Å². The van der Waals surface area contributed by atoms with Gasteiger partial charge in [-0.2, -0.15) is 14.9 Å². The summed E-state index contributed by atoms with van der Waals surface area (Å²) < 4.78 is 1.14. The highest BCUT2D eigenvalue weighted by atomic mass is 16.3. The number of aromatic hydroxyl groups is 2. The number of nitrogens with one attached hydrogen (secondary N) is 1. The van der Waals surface area contributed by atoms with E-state index in [1.807, 2.05) is 6.92 Å². The van der Waals surface area contributed by atoms with Crippen LogP contribution in [0.1, 0.15) is 18.3 Å². The molecule has 0 aliphatic heterocycles. The summed E-state index contributed by atoms with van der Waals surface area (Å²) in [6.45, 7) is 1.86. The van der Waals surface area contributed by atoms with Crippen molar-refractivity contribution in [3.05, 3.63) is 40.1 Å². The maximum absolute atomic E-state index is 11.4. The summed E-state index contributed by atoms with van der Waals surface area (Å²) in [7, 11) is 0. The summed E-state index contributed by atoms with van der Waals surface area (Å²) in [5, 5.41) is 28.5. The second-order valence-corrected chi connectivity index (χ2v) is 3.60. The van der Waals surface area contributed by atoms with Crippen LogP contribution in [0.3, 0.4) is 0 Å². The number of phenolic OH excluding ortho intramolecular Hbond substituents is 2. The zero-order valence-corrected chi connectivity index (χ0v) is 9.66. The van der Waals surface area contributed by atoms with Crippen LogP contribution in [0, 0.1) is 0 Å². The highest BCUT2D eigenvalue weighted by molar-refractivity contribution is 5.80. The van der Waals surface area contributed by atoms with Crippen LogP contribution in [-0.4, -0.2) is 31.3 Å². The zero-order valence-electron chi connectivity index (χ0n) is 9.66. The summed E-state index contributed by atoms with van der Waals surface area (Å²) in [6.07, 6.45) is 1.96. The van der Waals surface area contributed by atoms with E-state index in [1.165, 1.54) is 18.3 Å². The number of phenols is 2. The van der Waals surface area contributed by atoms with E-state index in [2.05, 4.69) is 15.3 Å². The van der Waals surface area contributed by atoms with Crippen LogP contribution < -0.4 is 5.69 Å². The minimum atomic E-state index is -0.425. The molecular formula is C11H12N4O3. The molecule has 7 heteroatoms. The highest BCUT2D eigenvalue weighted by Crippen LogP contribution is 2.23. The van der Waals surface area contributed by atoms with E-state index in [-0.39, 0.29) is 11.5 Å². The van der Waals surface area contributed by atoms with Gasteiger partial charge in [-0.1, -0.05) is 6.92 Å². The molecule has 1 aromatic carbocycles. The maximum atomic E-state index is 11.4. The maximum Gasteiger partial charge on any atom is 0.364 e. The van der Waals surface area contributed by atoms with Crippen molar-refractivity contribution in [1.82, 2.24) is 14.9 Å².